The predicted octanol–water partition coefficient (Wildman–Crippen LogP) is 2.91. The van der Waals surface area contributed by atoms with Gasteiger partial charge in [0.2, 0.25) is 15.9 Å². The van der Waals surface area contributed by atoms with E-state index in [1.54, 1.807) is 12.1 Å². The van der Waals surface area contributed by atoms with Gasteiger partial charge in [-0.1, -0.05) is 18.2 Å². The fourth-order valence-electron chi connectivity index (χ4n) is 2.12. The lowest BCUT2D eigenvalue weighted by molar-refractivity contribution is -0.115. The van der Waals surface area contributed by atoms with Crippen LogP contribution in [0, 0.1) is 5.82 Å². The highest BCUT2D eigenvalue weighted by Gasteiger charge is 2.15. The van der Waals surface area contributed by atoms with Crippen LogP contribution >= 0.6 is 11.6 Å². The van der Waals surface area contributed by atoms with Crippen molar-refractivity contribution in [1.82, 2.24) is 4.72 Å². The first kappa shape index (κ1) is 19.4. The summed E-state index contributed by atoms with van der Waals surface area (Å²) < 4.78 is 39.7. The average Bonchev–Trinajstić information content (AvgIpc) is 2.59. The maximum atomic E-state index is 13.1. The number of halogens is 2. The van der Waals surface area contributed by atoms with E-state index in [-0.39, 0.29) is 10.6 Å². The Labute approximate surface area is 151 Å². The molecular formula is C17H18ClFN2O3S. The van der Waals surface area contributed by atoms with Crippen LogP contribution in [0.25, 0.3) is 0 Å². The van der Waals surface area contributed by atoms with E-state index in [0.717, 1.165) is 24.5 Å². The van der Waals surface area contributed by atoms with Gasteiger partial charge in [-0.2, -0.15) is 0 Å². The SMILES string of the molecule is O=C(CNS(=O)(=O)c1ccc(CCCCl)cc1)Nc1cccc(F)c1. The third kappa shape index (κ3) is 6.12. The summed E-state index contributed by atoms with van der Waals surface area (Å²) in [6.45, 7) is -0.452. The van der Waals surface area contributed by atoms with Crippen molar-refractivity contribution in [1.29, 1.82) is 0 Å². The minimum absolute atomic E-state index is 0.0701. The molecule has 134 valence electrons. The van der Waals surface area contributed by atoms with Crippen molar-refractivity contribution in [3.8, 4) is 0 Å². The van der Waals surface area contributed by atoms with Gasteiger partial charge in [-0.3, -0.25) is 4.79 Å². The first-order valence-electron chi connectivity index (χ1n) is 7.61. The molecule has 2 rings (SSSR count). The zero-order valence-electron chi connectivity index (χ0n) is 13.3. The van der Waals surface area contributed by atoms with Crippen molar-refractivity contribution in [3.05, 3.63) is 59.9 Å². The largest absolute Gasteiger partial charge is 0.325 e. The Morgan fingerprint density at radius 1 is 1.12 bits per heavy atom. The molecule has 0 saturated heterocycles. The molecule has 0 unspecified atom stereocenters. The molecule has 2 N–H and O–H groups in total. The monoisotopic (exact) mass is 384 g/mol. The molecule has 0 spiro atoms. The van der Waals surface area contributed by atoms with Crippen LogP contribution in [-0.2, 0) is 21.2 Å². The Balaban J connectivity index is 1.93. The molecule has 0 saturated carbocycles. The van der Waals surface area contributed by atoms with E-state index in [1.165, 1.54) is 30.3 Å². The maximum absolute atomic E-state index is 13.1. The van der Waals surface area contributed by atoms with E-state index in [2.05, 4.69) is 10.0 Å². The number of benzene rings is 2. The molecular weight excluding hydrogens is 367 g/mol. The number of carbonyl (C=O) groups is 1. The molecule has 0 bridgehead atoms. The Hall–Kier alpha value is -1.96. The zero-order valence-corrected chi connectivity index (χ0v) is 14.9. The van der Waals surface area contributed by atoms with Crippen LogP contribution in [0.15, 0.2) is 53.4 Å². The van der Waals surface area contributed by atoms with Crippen LogP contribution in [-0.4, -0.2) is 26.7 Å². The van der Waals surface area contributed by atoms with Crippen LogP contribution in [0.4, 0.5) is 10.1 Å². The van der Waals surface area contributed by atoms with E-state index < -0.39 is 28.3 Å². The number of nitrogens with one attached hydrogen (secondary N) is 2. The van der Waals surface area contributed by atoms with Gasteiger partial charge in [0, 0.05) is 11.6 Å². The molecule has 0 fully saturated rings. The Kier molecular flexibility index (Phi) is 6.92. The number of alkyl halides is 1. The molecule has 0 heterocycles. The van der Waals surface area contributed by atoms with E-state index in [4.69, 9.17) is 11.6 Å². The molecule has 0 radical (unpaired) electrons. The Bertz CT molecular complexity index is 826. The molecule has 0 atom stereocenters. The van der Waals surface area contributed by atoms with Gasteiger partial charge < -0.3 is 5.32 Å². The second-order valence-corrected chi connectivity index (χ2v) is 7.46. The van der Waals surface area contributed by atoms with Crippen LogP contribution in [0.2, 0.25) is 0 Å². The highest BCUT2D eigenvalue weighted by Crippen LogP contribution is 2.12. The zero-order chi connectivity index (χ0) is 18.3. The van der Waals surface area contributed by atoms with E-state index in [9.17, 15) is 17.6 Å². The summed E-state index contributed by atoms with van der Waals surface area (Å²) in [7, 11) is -3.80. The first-order valence-corrected chi connectivity index (χ1v) is 9.62. The van der Waals surface area contributed by atoms with Gasteiger partial charge in [0.1, 0.15) is 5.82 Å². The molecule has 8 heteroatoms. The standard InChI is InChI=1S/C17H18ClFN2O3S/c18-10-2-3-13-6-8-16(9-7-13)25(23,24)20-12-17(22)21-15-5-1-4-14(19)11-15/h1,4-9,11,20H,2-3,10,12H2,(H,21,22). The number of rotatable bonds is 8. The fraction of sp³-hybridized carbons (Fsp3) is 0.235. The summed E-state index contributed by atoms with van der Waals surface area (Å²) in [6, 6.07) is 11.7. The molecule has 2 aromatic carbocycles. The van der Waals surface area contributed by atoms with Gasteiger partial charge in [-0.15, -0.1) is 11.6 Å². The van der Waals surface area contributed by atoms with Crippen molar-refractivity contribution in [2.24, 2.45) is 0 Å². The van der Waals surface area contributed by atoms with Crippen molar-refractivity contribution >= 4 is 33.2 Å². The molecule has 0 aliphatic carbocycles. The highest BCUT2D eigenvalue weighted by molar-refractivity contribution is 7.89. The summed E-state index contributed by atoms with van der Waals surface area (Å²) in [5.74, 6) is -0.539. The molecule has 0 aliphatic heterocycles. The average molecular weight is 385 g/mol. The van der Waals surface area contributed by atoms with Gasteiger partial charge in [-0.05, 0) is 48.7 Å². The summed E-state index contributed by atoms with van der Waals surface area (Å²) >= 11 is 5.63. The minimum atomic E-state index is -3.80. The number of hydrogen-bond acceptors (Lipinski definition) is 3. The smallest absolute Gasteiger partial charge is 0.241 e. The second-order valence-electron chi connectivity index (χ2n) is 5.32. The van der Waals surface area contributed by atoms with Crippen molar-refractivity contribution in [3.63, 3.8) is 0 Å². The first-order chi connectivity index (χ1) is 11.9. The normalized spacial score (nSPS) is 11.3. The van der Waals surface area contributed by atoms with Crippen LogP contribution in [0.3, 0.4) is 0 Å². The van der Waals surface area contributed by atoms with Gasteiger partial charge in [-0.25, -0.2) is 17.5 Å². The number of sulfonamides is 1. The molecule has 1 amide bonds. The lowest BCUT2D eigenvalue weighted by atomic mass is 10.1. The third-order valence-electron chi connectivity index (χ3n) is 3.36. The molecule has 0 aromatic heterocycles. The number of carbonyl (C=O) groups excluding carboxylic acids is 1. The summed E-state index contributed by atoms with van der Waals surface area (Å²) in [5.41, 5.74) is 1.25. The van der Waals surface area contributed by atoms with Crippen molar-refractivity contribution < 1.29 is 17.6 Å². The third-order valence-corrected chi connectivity index (χ3v) is 5.05. The summed E-state index contributed by atoms with van der Waals surface area (Å²) in [5, 5.41) is 2.42. The van der Waals surface area contributed by atoms with Crippen molar-refractivity contribution in [2.75, 3.05) is 17.7 Å². The molecule has 0 aliphatic rings. The van der Waals surface area contributed by atoms with E-state index in [0.29, 0.717) is 5.88 Å². The number of amides is 1. The Morgan fingerprint density at radius 3 is 2.48 bits per heavy atom. The van der Waals surface area contributed by atoms with Gasteiger partial charge in [0.25, 0.3) is 0 Å². The summed E-state index contributed by atoms with van der Waals surface area (Å²) in [6.07, 6.45) is 1.58. The maximum Gasteiger partial charge on any atom is 0.241 e. The van der Waals surface area contributed by atoms with Crippen LogP contribution < -0.4 is 10.0 Å². The molecule has 2 aromatic rings. The lowest BCUT2D eigenvalue weighted by Gasteiger charge is -2.09. The Morgan fingerprint density at radius 2 is 1.84 bits per heavy atom. The number of hydrogen-bond donors (Lipinski definition) is 2. The quantitative estimate of drug-likeness (QED) is 0.687. The fourth-order valence-corrected chi connectivity index (χ4v) is 3.24. The second kappa shape index (κ2) is 8.94. The summed E-state index contributed by atoms with van der Waals surface area (Å²) in [4.78, 5) is 11.9. The van der Waals surface area contributed by atoms with E-state index >= 15 is 0 Å². The minimum Gasteiger partial charge on any atom is -0.325 e. The molecule has 25 heavy (non-hydrogen) atoms. The predicted molar refractivity (Wildman–Crippen MR) is 95.7 cm³/mol. The van der Waals surface area contributed by atoms with Gasteiger partial charge >= 0.3 is 0 Å². The topological polar surface area (TPSA) is 75.3 Å². The number of anilines is 1. The van der Waals surface area contributed by atoms with Crippen LogP contribution in [0.1, 0.15) is 12.0 Å². The molecule has 5 nitrogen and oxygen atoms in total. The van der Waals surface area contributed by atoms with Gasteiger partial charge in [0.05, 0.1) is 11.4 Å². The van der Waals surface area contributed by atoms with Gasteiger partial charge in [0.15, 0.2) is 0 Å². The van der Waals surface area contributed by atoms with Crippen LogP contribution in [0.5, 0.6) is 0 Å². The number of aryl methyl sites for hydroxylation is 1. The highest BCUT2D eigenvalue weighted by atomic mass is 35.5. The van der Waals surface area contributed by atoms with E-state index in [1.807, 2.05) is 0 Å². The van der Waals surface area contributed by atoms with Crippen molar-refractivity contribution in [2.45, 2.75) is 17.7 Å². The lowest BCUT2D eigenvalue weighted by Crippen LogP contribution is -2.32.